The number of rotatable bonds is 2. The summed E-state index contributed by atoms with van der Waals surface area (Å²) in [6.07, 6.45) is 6.95. The van der Waals surface area contributed by atoms with Crippen LogP contribution in [-0.4, -0.2) is 5.78 Å². The SMILES string of the molecule is O=C1C(=Cc2ccsc2)CCC/C1=C\c1ccsc1. The smallest absolute Gasteiger partial charge is 0.185 e. The Morgan fingerprint density at radius 2 is 1.42 bits per heavy atom. The maximum atomic E-state index is 12.4. The monoisotopic (exact) mass is 286 g/mol. The van der Waals surface area contributed by atoms with Gasteiger partial charge in [-0.25, -0.2) is 0 Å². The van der Waals surface area contributed by atoms with Crippen LogP contribution >= 0.6 is 22.7 Å². The summed E-state index contributed by atoms with van der Waals surface area (Å²) in [6.45, 7) is 0. The number of carbonyl (C=O) groups is 1. The third-order valence-corrected chi connectivity index (χ3v) is 4.65. The van der Waals surface area contributed by atoms with Gasteiger partial charge in [0, 0.05) is 11.1 Å². The molecule has 19 heavy (non-hydrogen) atoms. The number of hydrogen-bond acceptors (Lipinski definition) is 3. The lowest BCUT2D eigenvalue weighted by molar-refractivity contribution is -0.112. The predicted octanol–water partition coefficient (Wildman–Crippen LogP) is 5.03. The molecule has 1 aliphatic rings. The standard InChI is InChI=1S/C16H14OS2/c17-16-14(8-12-4-6-18-10-12)2-1-3-15(16)9-13-5-7-19-11-13/h4-11H,1-3H2/b14-8+,15-9?. The van der Waals surface area contributed by atoms with Gasteiger partial charge in [-0.15, -0.1) is 0 Å². The third-order valence-electron chi connectivity index (χ3n) is 3.24. The zero-order chi connectivity index (χ0) is 13.1. The third kappa shape index (κ3) is 2.94. The lowest BCUT2D eigenvalue weighted by atomic mass is 9.87. The molecular weight excluding hydrogens is 272 g/mol. The first kappa shape index (κ1) is 12.6. The zero-order valence-corrected chi connectivity index (χ0v) is 12.1. The molecule has 3 heteroatoms. The highest BCUT2D eigenvalue weighted by Crippen LogP contribution is 2.28. The van der Waals surface area contributed by atoms with E-state index in [9.17, 15) is 4.79 Å². The average Bonchev–Trinajstić information content (AvgIpc) is 3.07. The fourth-order valence-corrected chi connectivity index (χ4v) is 3.53. The van der Waals surface area contributed by atoms with Crippen LogP contribution < -0.4 is 0 Å². The fourth-order valence-electron chi connectivity index (χ4n) is 2.29. The van der Waals surface area contributed by atoms with Crippen LogP contribution in [0, 0.1) is 0 Å². The number of allylic oxidation sites excluding steroid dienone is 2. The molecule has 1 fully saturated rings. The Balaban J connectivity index is 1.87. The van der Waals surface area contributed by atoms with Gasteiger partial charge in [-0.3, -0.25) is 4.79 Å². The van der Waals surface area contributed by atoms with Crippen LogP contribution in [0.15, 0.2) is 44.8 Å². The van der Waals surface area contributed by atoms with Crippen LogP contribution in [0.4, 0.5) is 0 Å². The van der Waals surface area contributed by atoms with Gasteiger partial charge in [-0.1, -0.05) is 0 Å². The van der Waals surface area contributed by atoms with Gasteiger partial charge in [0.2, 0.25) is 0 Å². The first-order chi connectivity index (χ1) is 9.33. The van der Waals surface area contributed by atoms with E-state index in [1.165, 1.54) is 0 Å². The molecular formula is C16H14OS2. The molecule has 0 N–H and O–H groups in total. The minimum absolute atomic E-state index is 0.226. The molecule has 0 aliphatic heterocycles. The summed E-state index contributed by atoms with van der Waals surface area (Å²) in [5.74, 6) is 0.226. The van der Waals surface area contributed by atoms with Crippen molar-refractivity contribution in [3.8, 4) is 0 Å². The summed E-state index contributed by atoms with van der Waals surface area (Å²) >= 11 is 3.33. The van der Waals surface area contributed by atoms with Gasteiger partial charge in [0.1, 0.15) is 0 Å². The van der Waals surface area contributed by atoms with Crippen molar-refractivity contribution in [3.05, 3.63) is 55.9 Å². The largest absolute Gasteiger partial charge is 0.289 e. The van der Waals surface area contributed by atoms with E-state index in [0.717, 1.165) is 41.5 Å². The Morgan fingerprint density at radius 3 is 1.84 bits per heavy atom. The molecule has 2 aromatic heterocycles. The van der Waals surface area contributed by atoms with Crippen molar-refractivity contribution in [3.63, 3.8) is 0 Å². The summed E-state index contributed by atoms with van der Waals surface area (Å²) in [6, 6.07) is 4.11. The first-order valence-electron chi connectivity index (χ1n) is 6.33. The van der Waals surface area contributed by atoms with Gasteiger partial charge in [0.15, 0.2) is 5.78 Å². The number of thiophene rings is 2. The molecule has 0 aromatic carbocycles. The van der Waals surface area contributed by atoms with Crippen molar-refractivity contribution in [2.75, 3.05) is 0 Å². The summed E-state index contributed by atoms with van der Waals surface area (Å²) < 4.78 is 0. The van der Waals surface area contributed by atoms with Gasteiger partial charge in [0.25, 0.3) is 0 Å². The quantitative estimate of drug-likeness (QED) is 0.708. The van der Waals surface area contributed by atoms with E-state index in [1.54, 1.807) is 22.7 Å². The average molecular weight is 286 g/mol. The fraction of sp³-hybridized carbons (Fsp3) is 0.188. The highest BCUT2D eigenvalue weighted by atomic mass is 32.1. The first-order valence-corrected chi connectivity index (χ1v) is 8.22. The maximum Gasteiger partial charge on any atom is 0.185 e. The Hall–Kier alpha value is -1.45. The molecule has 0 bridgehead atoms. The van der Waals surface area contributed by atoms with Gasteiger partial charge in [-0.2, -0.15) is 22.7 Å². The Labute approximate surface area is 120 Å². The minimum Gasteiger partial charge on any atom is -0.289 e. The van der Waals surface area contributed by atoms with Crippen LogP contribution in [0.5, 0.6) is 0 Å². The van der Waals surface area contributed by atoms with Crippen molar-refractivity contribution in [2.45, 2.75) is 19.3 Å². The molecule has 0 unspecified atom stereocenters. The Bertz CT molecular complexity index is 562. The molecule has 96 valence electrons. The van der Waals surface area contributed by atoms with E-state index in [1.807, 2.05) is 22.9 Å². The van der Waals surface area contributed by atoms with Crippen LogP contribution in [0.3, 0.4) is 0 Å². The molecule has 0 saturated heterocycles. The number of Topliss-reactive ketones (excluding diaryl/α,β-unsaturated/α-hetero) is 1. The molecule has 1 saturated carbocycles. The van der Waals surface area contributed by atoms with Gasteiger partial charge in [0.05, 0.1) is 0 Å². The van der Waals surface area contributed by atoms with Crippen molar-refractivity contribution < 1.29 is 4.79 Å². The summed E-state index contributed by atoms with van der Waals surface area (Å²) in [5, 5.41) is 8.25. The molecule has 3 rings (SSSR count). The molecule has 0 amide bonds. The second-order valence-corrected chi connectivity index (χ2v) is 6.20. The molecule has 2 aromatic rings. The molecule has 0 atom stereocenters. The van der Waals surface area contributed by atoms with E-state index in [-0.39, 0.29) is 5.78 Å². The molecule has 0 radical (unpaired) electrons. The highest BCUT2D eigenvalue weighted by Gasteiger charge is 2.20. The summed E-state index contributed by atoms with van der Waals surface area (Å²) in [4.78, 5) is 12.4. The van der Waals surface area contributed by atoms with Crippen LogP contribution in [0.1, 0.15) is 30.4 Å². The zero-order valence-electron chi connectivity index (χ0n) is 10.5. The van der Waals surface area contributed by atoms with Gasteiger partial charge < -0.3 is 0 Å². The normalized spacial score (nSPS) is 20.3. The van der Waals surface area contributed by atoms with Crippen LogP contribution in [0.2, 0.25) is 0 Å². The maximum absolute atomic E-state index is 12.4. The summed E-state index contributed by atoms with van der Waals surface area (Å²) in [5.41, 5.74) is 4.19. The second-order valence-electron chi connectivity index (χ2n) is 4.64. The predicted molar refractivity (Wildman–Crippen MR) is 83.5 cm³/mol. The molecule has 2 heterocycles. The minimum atomic E-state index is 0.226. The van der Waals surface area contributed by atoms with E-state index in [0.29, 0.717) is 0 Å². The second kappa shape index (κ2) is 5.68. The number of carbonyl (C=O) groups excluding carboxylic acids is 1. The number of ketones is 1. The highest BCUT2D eigenvalue weighted by molar-refractivity contribution is 7.08. The van der Waals surface area contributed by atoms with E-state index < -0.39 is 0 Å². The lowest BCUT2D eigenvalue weighted by Gasteiger charge is -2.16. The lowest BCUT2D eigenvalue weighted by Crippen LogP contribution is -2.12. The summed E-state index contributed by atoms with van der Waals surface area (Å²) in [7, 11) is 0. The Kier molecular flexibility index (Phi) is 3.76. The number of hydrogen-bond donors (Lipinski definition) is 0. The van der Waals surface area contributed by atoms with Gasteiger partial charge in [-0.05, 0) is 76.2 Å². The van der Waals surface area contributed by atoms with Crippen LogP contribution in [0.25, 0.3) is 12.2 Å². The van der Waals surface area contributed by atoms with E-state index in [2.05, 4.69) is 22.9 Å². The van der Waals surface area contributed by atoms with Crippen molar-refractivity contribution >= 4 is 40.6 Å². The molecule has 1 nitrogen and oxygen atoms in total. The molecule has 0 spiro atoms. The van der Waals surface area contributed by atoms with Gasteiger partial charge >= 0.3 is 0 Å². The van der Waals surface area contributed by atoms with E-state index >= 15 is 0 Å². The molecule has 1 aliphatic carbocycles. The topological polar surface area (TPSA) is 17.1 Å². The van der Waals surface area contributed by atoms with Crippen molar-refractivity contribution in [2.24, 2.45) is 0 Å². The van der Waals surface area contributed by atoms with Crippen molar-refractivity contribution in [1.82, 2.24) is 0 Å². The van der Waals surface area contributed by atoms with Crippen LogP contribution in [-0.2, 0) is 4.79 Å². The Morgan fingerprint density at radius 1 is 0.895 bits per heavy atom. The van der Waals surface area contributed by atoms with E-state index in [4.69, 9.17) is 0 Å². The van der Waals surface area contributed by atoms with Crippen molar-refractivity contribution in [1.29, 1.82) is 0 Å².